The van der Waals surface area contributed by atoms with Gasteiger partial charge < -0.3 is 0 Å². The summed E-state index contributed by atoms with van der Waals surface area (Å²) in [6.45, 7) is 3.74. The zero-order valence-electron chi connectivity index (χ0n) is 11.7. The van der Waals surface area contributed by atoms with Crippen LogP contribution in [0.3, 0.4) is 0 Å². The first kappa shape index (κ1) is 16.3. The lowest BCUT2D eigenvalue weighted by Crippen LogP contribution is -2.24. The minimum Gasteiger partial charge on any atom is -0.207 e. The number of aryl methyl sites for hydroxylation is 2. The first-order valence-corrected chi connectivity index (χ1v) is 8.54. The fourth-order valence-corrected chi connectivity index (χ4v) is 3.72. The number of sulfonamides is 1. The number of hydrogen-bond donors (Lipinski definition) is 1. The van der Waals surface area contributed by atoms with Crippen molar-refractivity contribution in [2.75, 3.05) is 0 Å². The summed E-state index contributed by atoms with van der Waals surface area (Å²) in [5.74, 6) is 0. The van der Waals surface area contributed by atoms with E-state index in [1.54, 1.807) is 37.3 Å². The molecule has 0 saturated heterocycles. The van der Waals surface area contributed by atoms with Crippen LogP contribution in [0.5, 0.6) is 0 Å². The number of halogens is 2. The molecule has 6 heteroatoms. The smallest absolute Gasteiger partial charge is 0.207 e. The van der Waals surface area contributed by atoms with E-state index in [1.807, 2.05) is 13.0 Å². The minimum atomic E-state index is -3.58. The average molecular weight is 344 g/mol. The standard InChI is InChI=1S/C15H15Cl2NO2S/c1-10-3-4-11(2)15(7-10)21(19,20)18-9-12-5-6-13(16)8-14(12)17/h3-8,18H,9H2,1-2H3. The van der Waals surface area contributed by atoms with Crippen molar-refractivity contribution in [2.24, 2.45) is 0 Å². The van der Waals surface area contributed by atoms with Gasteiger partial charge in [0.05, 0.1) is 4.90 Å². The van der Waals surface area contributed by atoms with Gasteiger partial charge in [0.15, 0.2) is 0 Å². The summed E-state index contributed by atoms with van der Waals surface area (Å²) in [6, 6.07) is 10.3. The lowest BCUT2D eigenvalue weighted by atomic mass is 10.2. The molecule has 0 amide bonds. The van der Waals surface area contributed by atoms with Crippen LogP contribution >= 0.6 is 23.2 Å². The molecule has 0 aliphatic carbocycles. The highest BCUT2D eigenvalue weighted by Crippen LogP contribution is 2.22. The maximum atomic E-state index is 12.4. The van der Waals surface area contributed by atoms with E-state index in [2.05, 4.69) is 4.72 Å². The van der Waals surface area contributed by atoms with Gasteiger partial charge in [0, 0.05) is 16.6 Å². The molecule has 2 aromatic carbocycles. The van der Waals surface area contributed by atoms with Crippen molar-refractivity contribution in [1.29, 1.82) is 0 Å². The van der Waals surface area contributed by atoms with Crippen LogP contribution < -0.4 is 4.72 Å². The Morgan fingerprint density at radius 2 is 1.76 bits per heavy atom. The second-order valence-corrected chi connectivity index (χ2v) is 7.41. The van der Waals surface area contributed by atoms with Crippen LogP contribution in [0, 0.1) is 13.8 Å². The van der Waals surface area contributed by atoms with Gasteiger partial charge in [0.2, 0.25) is 10.0 Å². The van der Waals surface area contributed by atoms with Crippen molar-refractivity contribution >= 4 is 33.2 Å². The van der Waals surface area contributed by atoms with Crippen LogP contribution in [0.15, 0.2) is 41.3 Å². The molecule has 2 rings (SSSR count). The van der Waals surface area contributed by atoms with Crippen molar-refractivity contribution in [1.82, 2.24) is 4.72 Å². The molecule has 0 aliphatic heterocycles. The Bertz CT molecular complexity index is 773. The van der Waals surface area contributed by atoms with E-state index in [-0.39, 0.29) is 11.4 Å². The van der Waals surface area contributed by atoms with Gasteiger partial charge >= 0.3 is 0 Å². The van der Waals surface area contributed by atoms with E-state index in [9.17, 15) is 8.42 Å². The van der Waals surface area contributed by atoms with Crippen LogP contribution in [0.25, 0.3) is 0 Å². The Morgan fingerprint density at radius 3 is 2.43 bits per heavy atom. The Labute approximate surface area is 135 Å². The molecule has 2 aromatic rings. The SMILES string of the molecule is Cc1ccc(C)c(S(=O)(=O)NCc2ccc(Cl)cc2Cl)c1. The molecule has 0 fully saturated rings. The van der Waals surface area contributed by atoms with Crippen LogP contribution in [-0.2, 0) is 16.6 Å². The quantitative estimate of drug-likeness (QED) is 0.908. The molecular weight excluding hydrogens is 329 g/mol. The summed E-state index contributed by atoms with van der Waals surface area (Å²) in [6.07, 6.45) is 0. The normalized spacial score (nSPS) is 11.6. The van der Waals surface area contributed by atoms with E-state index in [4.69, 9.17) is 23.2 Å². The van der Waals surface area contributed by atoms with Gasteiger partial charge in [-0.05, 0) is 48.7 Å². The molecular formula is C15H15Cl2NO2S. The highest BCUT2D eigenvalue weighted by atomic mass is 35.5. The third kappa shape index (κ3) is 3.98. The second-order valence-electron chi connectivity index (χ2n) is 4.83. The van der Waals surface area contributed by atoms with Crippen LogP contribution in [-0.4, -0.2) is 8.42 Å². The average Bonchev–Trinajstić information content (AvgIpc) is 2.40. The van der Waals surface area contributed by atoms with Gasteiger partial charge in [0.1, 0.15) is 0 Å². The number of benzene rings is 2. The highest BCUT2D eigenvalue weighted by molar-refractivity contribution is 7.89. The lowest BCUT2D eigenvalue weighted by Gasteiger charge is -2.11. The molecule has 3 nitrogen and oxygen atoms in total. The summed E-state index contributed by atoms with van der Waals surface area (Å²) < 4.78 is 27.3. The van der Waals surface area contributed by atoms with Crippen LogP contribution in [0.1, 0.15) is 16.7 Å². The molecule has 112 valence electrons. The van der Waals surface area contributed by atoms with Gasteiger partial charge in [-0.1, -0.05) is 41.4 Å². The Balaban J connectivity index is 2.24. The molecule has 21 heavy (non-hydrogen) atoms. The zero-order valence-corrected chi connectivity index (χ0v) is 14.0. The molecule has 1 N–H and O–H groups in total. The largest absolute Gasteiger partial charge is 0.241 e. The second kappa shape index (κ2) is 6.36. The van der Waals surface area contributed by atoms with Gasteiger partial charge in [-0.3, -0.25) is 0 Å². The Kier molecular flexibility index (Phi) is 4.94. The fourth-order valence-electron chi connectivity index (χ4n) is 1.91. The molecule has 0 unspecified atom stereocenters. The predicted molar refractivity (Wildman–Crippen MR) is 86.4 cm³/mol. The topological polar surface area (TPSA) is 46.2 Å². The van der Waals surface area contributed by atoms with E-state index in [0.29, 0.717) is 21.2 Å². The predicted octanol–water partition coefficient (Wildman–Crippen LogP) is 4.09. The first-order valence-electron chi connectivity index (χ1n) is 6.30. The lowest BCUT2D eigenvalue weighted by molar-refractivity contribution is 0.580. The van der Waals surface area contributed by atoms with E-state index < -0.39 is 10.0 Å². The molecule has 0 aliphatic rings. The Morgan fingerprint density at radius 1 is 1.05 bits per heavy atom. The minimum absolute atomic E-state index is 0.117. The molecule has 0 saturated carbocycles. The third-order valence-corrected chi connectivity index (χ3v) is 5.23. The van der Waals surface area contributed by atoms with Crippen molar-refractivity contribution in [2.45, 2.75) is 25.3 Å². The molecule has 0 heterocycles. The molecule has 0 atom stereocenters. The first-order chi connectivity index (χ1) is 9.79. The summed E-state index contributed by atoms with van der Waals surface area (Å²) in [5.41, 5.74) is 2.27. The van der Waals surface area contributed by atoms with Gasteiger partial charge in [-0.15, -0.1) is 0 Å². The summed E-state index contributed by atoms with van der Waals surface area (Å²) in [5, 5.41) is 0.951. The van der Waals surface area contributed by atoms with Crippen molar-refractivity contribution in [3.63, 3.8) is 0 Å². The fraction of sp³-hybridized carbons (Fsp3) is 0.200. The van der Waals surface area contributed by atoms with Gasteiger partial charge in [-0.2, -0.15) is 0 Å². The van der Waals surface area contributed by atoms with Crippen molar-refractivity contribution < 1.29 is 8.42 Å². The summed E-state index contributed by atoms with van der Waals surface area (Å²) in [7, 11) is -3.58. The zero-order chi connectivity index (χ0) is 15.6. The molecule has 0 bridgehead atoms. The van der Waals surface area contributed by atoms with Gasteiger partial charge in [-0.25, -0.2) is 13.1 Å². The Hall–Kier alpha value is -1.07. The maximum absolute atomic E-state index is 12.4. The third-order valence-electron chi connectivity index (χ3n) is 3.10. The molecule has 0 aromatic heterocycles. The number of hydrogen-bond acceptors (Lipinski definition) is 2. The van der Waals surface area contributed by atoms with Gasteiger partial charge in [0.25, 0.3) is 0 Å². The monoisotopic (exact) mass is 343 g/mol. The van der Waals surface area contributed by atoms with Crippen LogP contribution in [0.2, 0.25) is 10.0 Å². The molecule has 0 radical (unpaired) electrons. The van der Waals surface area contributed by atoms with E-state index in [0.717, 1.165) is 5.56 Å². The van der Waals surface area contributed by atoms with E-state index in [1.165, 1.54) is 0 Å². The van der Waals surface area contributed by atoms with Crippen LogP contribution in [0.4, 0.5) is 0 Å². The number of rotatable bonds is 4. The molecule has 0 spiro atoms. The number of nitrogens with one attached hydrogen (secondary N) is 1. The maximum Gasteiger partial charge on any atom is 0.241 e. The highest BCUT2D eigenvalue weighted by Gasteiger charge is 2.17. The van der Waals surface area contributed by atoms with Crippen molar-refractivity contribution in [3.8, 4) is 0 Å². The summed E-state index contributed by atoms with van der Waals surface area (Å²) in [4.78, 5) is 0.285. The summed E-state index contributed by atoms with van der Waals surface area (Å²) >= 11 is 11.9. The van der Waals surface area contributed by atoms with E-state index >= 15 is 0 Å². The van der Waals surface area contributed by atoms with Crippen molar-refractivity contribution in [3.05, 3.63) is 63.1 Å².